The molecule has 1 aliphatic rings. The number of nitrogens with zero attached hydrogens (tertiary/aromatic N) is 3. The number of rotatable bonds is 15. The summed E-state index contributed by atoms with van der Waals surface area (Å²) in [7, 11) is 3.87. The maximum Gasteiger partial charge on any atom is 0.248 e. The van der Waals surface area contributed by atoms with Crippen LogP contribution in [0.15, 0.2) is 42.5 Å². The fourth-order valence-electron chi connectivity index (χ4n) is 4.80. The van der Waals surface area contributed by atoms with Crippen molar-refractivity contribution in [2.24, 2.45) is 5.73 Å². The first-order valence-corrected chi connectivity index (χ1v) is 15.1. The second kappa shape index (κ2) is 16.1. The lowest BCUT2D eigenvalue weighted by atomic mass is 9.97. The minimum absolute atomic E-state index is 0.0578. The van der Waals surface area contributed by atoms with Gasteiger partial charge in [-0.05, 0) is 76.0 Å². The Kier molecular flexibility index (Phi) is 12.6. The van der Waals surface area contributed by atoms with Crippen molar-refractivity contribution in [1.29, 1.82) is 0 Å². The van der Waals surface area contributed by atoms with Gasteiger partial charge < -0.3 is 25.8 Å². The Morgan fingerprint density at radius 2 is 1.83 bits per heavy atom. The van der Waals surface area contributed by atoms with Crippen molar-refractivity contribution < 1.29 is 19.2 Å². The second-order valence-corrected chi connectivity index (χ2v) is 11.8. The number of aryl methyl sites for hydroxylation is 1. The van der Waals surface area contributed by atoms with Crippen LogP contribution < -0.4 is 16.0 Å². The number of carbonyl (C=O) groups excluding carboxylic acids is 4. The number of unbranched alkanes of at least 4 members (excludes halogenated alkanes) is 3. The van der Waals surface area contributed by atoms with Crippen LogP contribution in [-0.4, -0.2) is 80.2 Å². The quantitative estimate of drug-likeness (QED) is 0.247. The fourth-order valence-corrected chi connectivity index (χ4v) is 5.85. The molecule has 41 heavy (non-hydrogen) atoms. The van der Waals surface area contributed by atoms with E-state index in [-0.39, 0.29) is 24.3 Å². The molecule has 2 aromatic rings. The smallest absolute Gasteiger partial charge is 0.248 e. The van der Waals surface area contributed by atoms with Crippen LogP contribution in [0, 0.1) is 6.92 Å². The molecule has 1 aliphatic heterocycles. The molecule has 10 heteroatoms. The molecule has 2 heterocycles. The molecular formula is C31H43N5O4S. The van der Waals surface area contributed by atoms with Gasteiger partial charge in [0.15, 0.2) is 0 Å². The first-order chi connectivity index (χ1) is 19.7. The third-order valence-electron chi connectivity index (χ3n) is 7.18. The molecule has 222 valence electrons. The first kappa shape index (κ1) is 32.0. The second-order valence-electron chi connectivity index (χ2n) is 10.7. The average Bonchev–Trinajstić information content (AvgIpc) is 3.39. The van der Waals surface area contributed by atoms with Gasteiger partial charge in [0.05, 0.1) is 5.00 Å². The standard InChI is InChI=1S/C31H43N5O4S/c1-23-24(11-8-12-26(23)31(32)40)10-6-4-5-7-13-27(37)33-18-17-25-15-16-30(41-25)36-21-20-35(22-29(36)39)28(38)14-9-19-34(2)3/h8-9,11-12,14-16H,4-7,10,13,17-22H2,1-3H3,(H2,32,40)(H,33,37). The minimum Gasteiger partial charge on any atom is -0.366 e. The SMILES string of the molecule is Cc1c(CCCCCCC(=O)NCCc2ccc(N3CCN(C(=O)C=CCN(C)C)CC3=O)s2)cccc1C(N)=O. The molecule has 1 saturated heterocycles. The van der Waals surface area contributed by atoms with Gasteiger partial charge in [0, 0.05) is 49.1 Å². The van der Waals surface area contributed by atoms with E-state index in [4.69, 9.17) is 5.73 Å². The number of anilines is 1. The van der Waals surface area contributed by atoms with E-state index in [9.17, 15) is 19.2 Å². The predicted octanol–water partition coefficient (Wildman–Crippen LogP) is 3.30. The average molecular weight is 582 g/mol. The van der Waals surface area contributed by atoms with E-state index in [0.717, 1.165) is 53.1 Å². The number of nitrogens with one attached hydrogen (secondary N) is 1. The molecule has 0 spiro atoms. The van der Waals surface area contributed by atoms with Crippen molar-refractivity contribution in [1.82, 2.24) is 15.1 Å². The number of nitrogens with two attached hydrogens (primary N) is 1. The lowest BCUT2D eigenvalue weighted by molar-refractivity contribution is -0.133. The Hall–Kier alpha value is -3.50. The maximum atomic E-state index is 12.7. The highest BCUT2D eigenvalue weighted by atomic mass is 32.1. The Bertz CT molecular complexity index is 1240. The highest BCUT2D eigenvalue weighted by Crippen LogP contribution is 2.28. The zero-order valence-corrected chi connectivity index (χ0v) is 25.3. The zero-order valence-electron chi connectivity index (χ0n) is 24.5. The van der Waals surface area contributed by atoms with Gasteiger partial charge in [0.25, 0.3) is 0 Å². The molecule has 1 fully saturated rings. The summed E-state index contributed by atoms with van der Waals surface area (Å²) in [4.78, 5) is 55.3. The number of likely N-dealkylation sites (N-methyl/N-ethyl adjacent to an activating group) is 1. The van der Waals surface area contributed by atoms with Crippen LogP contribution in [0.5, 0.6) is 0 Å². The third-order valence-corrected chi connectivity index (χ3v) is 8.35. The molecule has 0 bridgehead atoms. The van der Waals surface area contributed by atoms with Crippen LogP contribution in [0.2, 0.25) is 0 Å². The highest BCUT2D eigenvalue weighted by molar-refractivity contribution is 7.16. The molecule has 0 aliphatic carbocycles. The minimum atomic E-state index is -0.391. The largest absolute Gasteiger partial charge is 0.366 e. The molecule has 3 N–H and O–H groups in total. The summed E-state index contributed by atoms with van der Waals surface area (Å²) in [5.41, 5.74) is 8.14. The number of benzene rings is 1. The summed E-state index contributed by atoms with van der Waals surface area (Å²) >= 11 is 1.56. The number of piperazine rings is 1. The maximum absolute atomic E-state index is 12.7. The summed E-state index contributed by atoms with van der Waals surface area (Å²) in [5, 5.41) is 3.88. The molecule has 9 nitrogen and oxygen atoms in total. The van der Waals surface area contributed by atoms with Crippen LogP contribution in [0.4, 0.5) is 5.00 Å². The summed E-state index contributed by atoms with van der Waals surface area (Å²) in [6.07, 6.45) is 9.32. The molecular weight excluding hydrogens is 538 g/mol. The Morgan fingerprint density at radius 1 is 1.05 bits per heavy atom. The van der Waals surface area contributed by atoms with Crippen molar-refractivity contribution in [2.45, 2.75) is 51.9 Å². The fraction of sp³-hybridized carbons (Fsp3) is 0.484. The molecule has 4 amide bonds. The molecule has 0 saturated carbocycles. The van der Waals surface area contributed by atoms with Crippen molar-refractivity contribution >= 4 is 40.0 Å². The number of hydrogen-bond acceptors (Lipinski definition) is 6. The van der Waals surface area contributed by atoms with Crippen molar-refractivity contribution in [3.63, 3.8) is 0 Å². The van der Waals surface area contributed by atoms with E-state index < -0.39 is 5.91 Å². The van der Waals surface area contributed by atoms with Crippen LogP contribution >= 0.6 is 11.3 Å². The van der Waals surface area contributed by atoms with Crippen molar-refractivity contribution in [3.05, 3.63) is 64.1 Å². The van der Waals surface area contributed by atoms with Gasteiger partial charge in [-0.3, -0.25) is 19.2 Å². The molecule has 0 unspecified atom stereocenters. The first-order valence-electron chi connectivity index (χ1n) is 14.3. The number of thiophene rings is 1. The Morgan fingerprint density at radius 3 is 2.56 bits per heavy atom. The van der Waals surface area contributed by atoms with Crippen LogP contribution in [0.1, 0.15) is 58.5 Å². The van der Waals surface area contributed by atoms with Crippen LogP contribution in [-0.2, 0) is 27.2 Å². The molecule has 1 aromatic carbocycles. The van der Waals surface area contributed by atoms with Crippen molar-refractivity contribution in [3.8, 4) is 0 Å². The molecule has 1 aromatic heterocycles. The number of carbonyl (C=O) groups is 4. The highest BCUT2D eigenvalue weighted by Gasteiger charge is 2.28. The topological polar surface area (TPSA) is 116 Å². The van der Waals surface area contributed by atoms with Crippen LogP contribution in [0.3, 0.4) is 0 Å². The molecule has 0 atom stereocenters. The summed E-state index contributed by atoms with van der Waals surface area (Å²) in [6, 6.07) is 9.62. The lowest BCUT2D eigenvalue weighted by Gasteiger charge is -2.33. The third kappa shape index (κ3) is 10.1. The zero-order chi connectivity index (χ0) is 29.8. The van der Waals surface area contributed by atoms with E-state index in [0.29, 0.717) is 44.6 Å². The number of amides is 4. The van der Waals surface area contributed by atoms with Gasteiger partial charge in [-0.2, -0.15) is 0 Å². The summed E-state index contributed by atoms with van der Waals surface area (Å²) in [5.74, 6) is -0.550. The van der Waals surface area contributed by atoms with E-state index in [2.05, 4.69) is 5.32 Å². The van der Waals surface area contributed by atoms with Gasteiger partial charge in [-0.1, -0.05) is 31.1 Å². The lowest BCUT2D eigenvalue weighted by Crippen LogP contribution is -2.51. The van der Waals surface area contributed by atoms with Gasteiger partial charge in [0.1, 0.15) is 6.54 Å². The van der Waals surface area contributed by atoms with E-state index in [1.165, 1.54) is 6.08 Å². The Labute approximate surface area is 247 Å². The summed E-state index contributed by atoms with van der Waals surface area (Å²) in [6.45, 7) is 4.23. The normalized spacial score (nSPS) is 13.8. The van der Waals surface area contributed by atoms with E-state index >= 15 is 0 Å². The van der Waals surface area contributed by atoms with E-state index in [1.54, 1.807) is 33.3 Å². The number of hydrogen-bond donors (Lipinski definition) is 2. The number of primary amides is 1. The Balaban J connectivity index is 1.30. The molecule has 3 rings (SSSR count). The van der Waals surface area contributed by atoms with Gasteiger partial charge in [-0.15, -0.1) is 11.3 Å². The molecule has 0 radical (unpaired) electrons. The monoisotopic (exact) mass is 581 g/mol. The van der Waals surface area contributed by atoms with Gasteiger partial charge >= 0.3 is 0 Å². The van der Waals surface area contributed by atoms with E-state index in [1.807, 2.05) is 50.2 Å². The van der Waals surface area contributed by atoms with Gasteiger partial charge in [0.2, 0.25) is 23.6 Å². The van der Waals surface area contributed by atoms with Crippen molar-refractivity contribution in [2.75, 3.05) is 51.7 Å². The van der Waals surface area contributed by atoms with Gasteiger partial charge in [-0.25, -0.2) is 0 Å². The predicted molar refractivity (Wildman–Crippen MR) is 164 cm³/mol. The summed E-state index contributed by atoms with van der Waals surface area (Å²) < 4.78 is 0. The van der Waals surface area contributed by atoms with Crippen LogP contribution in [0.25, 0.3) is 0 Å².